The van der Waals surface area contributed by atoms with Gasteiger partial charge >= 0.3 is 0 Å². The number of benzene rings is 2. The monoisotopic (exact) mass is 435 g/mol. The summed E-state index contributed by atoms with van der Waals surface area (Å²) in [6, 6.07) is 16.8. The molecule has 0 aliphatic heterocycles. The van der Waals surface area contributed by atoms with E-state index in [0.717, 1.165) is 28.0 Å². The summed E-state index contributed by atoms with van der Waals surface area (Å²) >= 11 is 1.74. The maximum Gasteiger partial charge on any atom is 0.192 e. The van der Waals surface area contributed by atoms with Gasteiger partial charge in [0.2, 0.25) is 0 Å². The van der Waals surface area contributed by atoms with Gasteiger partial charge in [0.1, 0.15) is 0 Å². The van der Waals surface area contributed by atoms with Crippen molar-refractivity contribution < 1.29 is 9.47 Å². The standard InChI is InChI=1S/C25H29N3O2S/c1-29-22-16-15-20(18-23(22)30-2)24-26-27-25(28(24)21-13-7-4-8-14-21)31-17-9-12-19-10-5-3-6-11-19/h3,5-6,9-12,15-16,18,21H,4,7-8,13-14,17H2,1-2H3/b12-9+. The predicted octanol–water partition coefficient (Wildman–Crippen LogP) is 6.27. The minimum Gasteiger partial charge on any atom is -0.493 e. The topological polar surface area (TPSA) is 49.2 Å². The molecule has 162 valence electrons. The van der Waals surface area contributed by atoms with Crippen molar-refractivity contribution in [2.24, 2.45) is 0 Å². The van der Waals surface area contributed by atoms with E-state index in [4.69, 9.17) is 9.47 Å². The van der Waals surface area contributed by atoms with Gasteiger partial charge in [-0.25, -0.2) is 0 Å². The Morgan fingerprint density at radius 3 is 2.48 bits per heavy atom. The Balaban J connectivity index is 1.60. The SMILES string of the molecule is COc1ccc(-c2nnc(SC/C=C/c3ccccc3)n2C2CCCCC2)cc1OC. The van der Waals surface area contributed by atoms with Crippen LogP contribution in [-0.4, -0.2) is 34.7 Å². The highest BCUT2D eigenvalue weighted by Crippen LogP contribution is 2.38. The van der Waals surface area contributed by atoms with Gasteiger partial charge in [-0.2, -0.15) is 0 Å². The number of hydrogen-bond donors (Lipinski definition) is 0. The molecule has 1 fully saturated rings. The number of hydrogen-bond acceptors (Lipinski definition) is 5. The second-order valence-corrected chi connectivity index (χ2v) is 8.65. The summed E-state index contributed by atoms with van der Waals surface area (Å²) in [5, 5.41) is 10.2. The van der Waals surface area contributed by atoms with Crippen molar-refractivity contribution in [1.82, 2.24) is 14.8 Å². The van der Waals surface area contributed by atoms with E-state index < -0.39 is 0 Å². The molecule has 1 aliphatic carbocycles. The van der Waals surface area contributed by atoms with E-state index in [1.165, 1.54) is 37.7 Å². The third-order valence-electron chi connectivity index (χ3n) is 5.66. The maximum absolute atomic E-state index is 5.52. The third kappa shape index (κ3) is 5.13. The lowest BCUT2D eigenvalue weighted by molar-refractivity contribution is 0.339. The maximum atomic E-state index is 5.52. The van der Waals surface area contributed by atoms with Crippen LogP contribution in [-0.2, 0) is 0 Å². The fourth-order valence-corrected chi connectivity index (χ4v) is 4.90. The van der Waals surface area contributed by atoms with Crippen LogP contribution in [0.2, 0.25) is 0 Å². The fourth-order valence-electron chi connectivity index (χ4n) is 4.09. The first-order chi connectivity index (χ1) is 15.3. The Labute approximate surface area is 188 Å². The molecule has 0 N–H and O–H groups in total. The first kappa shape index (κ1) is 21.5. The van der Waals surface area contributed by atoms with Crippen molar-refractivity contribution in [1.29, 1.82) is 0 Å². The molecule has 0 amide bonds. The van der Waals surface area contributed by atoms with Crippen LogP contribution in [0.3, 0.4) is 0 Å². The number of thioether (sulfide) groups is 1. The minimum atomic E-state index is 0.437. The van der Waals surface area contributed by atoms with Gasteiger partial charge < -0.3 is 9.47 Å². The second-order valence-electron chi connectivity index (χ2n) is 7.66. The Kier molecular flexibility index (Phi) is 7.30. The van der Waals surface area contributed by atoms with E-state index in [1.807, 2.05) is 24.3 Å². The molecule has 6 heteroatoms. The van der Waals surface area contributed by atoms with Crippen LogP contribution in [0.5, 0.6) is 11.5 Å². The van der Waals surface area contributed by atoms with Gasteiger partial charge in [0.25, 0.3) is 0 Å². The highest BCUT2D eigenvalue weighted by Gasteiger charge is 2.24. The van der Waals surface area contributed by atoms with Gasteiger partial charge in [0, 0.05) is 17.4 Å². The summed E-state index contributed by atoms with van der Waals surface area (Å²) < 4.78 is 13.3. The second kappa shape index (κ2) is 10.5. The van der Waals surface area contributed by atoms with E-state index >= 15 is 0 Å². The number of rotatable bonds is 8. The van der Waals surface area contributed by atoms with E-state index in [9.17, 15) is 0 Å². The van der Waals surface area contributed by atoms with Gasteiger partial charge in [0.05, 0.1) is 14.2 Å². The van der Waals surface area contributed by atoms with E-state index in [1.54, 1.807) is 26.0 Å². The fraction of sp³-hybridized carbons (Fsp3) is 0.360. The molecule has 0 atom stereocenters. The van der Waals surface area contributed by atoms with Crippen molar-refractivity contribution in [3.8, 4) is 22.9 Å². The summed E-state index contributed by atoms with van der Waals surface area (Å²) in [6.45, 7) is 0. The Hall–Kier alpha value is -2.73. The molecular formula is C25H29N3O2S. The van der Waals surface area contributed by atoms with Crippen molar-refractivity contribution >= 4 is 17.8 Å². The molecule has 0 bridgehead atoms. The molecule has 0 saturated heterocycles. The van der Waals surface area contributed by atoms with Crippen LogP contribution >= 0.6 is 11.8 Å². The molecule has 1 saturated carbocycles. The van der Waals surface area contributed by atoms with Crippen molar-refractivity contribution in [2.75, 3.05) is 20.0 Å². The molecule has 1 aromatic heterocycles. The normalized spacial score (nSPS) is 14.8. The van der Waals surface area contributed by atoms with Gasteiger partial charge in [0.15, 0.2) is 22.5 Å². The molecule has 31 heavy (non-hydrogen) atoms. The van der Waals surface area contributed by atoms with Crippen LogP contribution in [0.1, 0.15) is 43.7 Å². The quantitative estimate of drug-likeness (QED) is 0.390. The molecule has 0 unspecified atom stereocenters. The molecular weight excluding hydrogens is 406 g/mol. The summed E-state index contributed by atoms with van der Waals surface area (Å²) in [6.07, 6.45) is 10.5. The first-order valence-corrected chi connectivity index (χ1v) is 11.8. The number of aromatic nitrogens is 3. The van der Waals surface area contributed by atoms with Gasteiger partial charge in [-0.1, -0.05) is 73.5 Å². The van der Waals surface area contributed by atoms with Crippen LogP contribution in [0.4, 0.5) is 0 Å². The number of methoxy groups -OCH3 is 2. The summed E-state index contributed by atoms with van der Waals surface area (Å²) in [5.41, 5.74) is 2.21. The first-order valence-electron chi connectivity index (χ1n) is 10.8. The van der Waals surface area contributed by atoms with Crippen LogP contribution in [0.15, 0.2) is 59.8 Å². The molecule has 1 aliphatic rings. The van der Waals surface area contributed by atoms with Crippen LogP contribution in [0, 0.1) is 0 Å². The van der Waals surface area contributed by atoms with E-state index in [0.29, 0.717) is 11.8 Å². The Morgan fingerprint density at radius 2 is 1.74 bits per heavy atom. The zero-order chi connectivity index (χ0) is 21.5. The van der Waals surface area contributed by atoms with Crippen LogP contribution < -0.4 is 9.47 Å². The highest BCUT2D eigenvalue weighted by atomic mass is 32.2. The molecule has 1 heterocycles. The Bertz CT molecular complexity index is 1010. The lowest BCUT2D eigenvalue weighted by Crippen LogP contribution is -2.15. The smallest absolute Gasteiger partial charge is 0.192 e. The van der Waals surface area contributed by atoms with Gasteiger partial charge in [-0.15, -0.1) is 10.2 Å². The van der Waals surface area contributed by atoms with E-state index in [2.05, 4.69) is 51.2 Å². The van der Waals surface area contributed by atoms with Crippen LogP contribution in [0.25, 0.3) is 17.5 Å². The highest BCUT2D eigenvalue weighted by molar-refractivity contribution is 7.99. The van der Waals surface area contributed by atoms with Crippen molar-refractivity contribution in [3.05, 3.63) is 60.2 Å². The molecule has 3 aromatic rings. The zero-order valence-electron chi connectivity index (χ0n) is 18.2. The third-order valence-corrected chi connectivity index (χ3v) is 6.56. The average Bonchev–Trinajstić information content (AvgIpc) is 3.26. The molecule has 0 spiro atoms. The average molecular weight is 436 g/mol. The molecule has 4 rings (SSSR count). The number of ether oxygens (including phenoxy) is 2. The van der Waals surface area contributed by atoms with Crippen molar-refractivity contribution in [2.45, 2.75) is 43.3 Å². The predicted molar refractivity (Wildman–Crippen MR) is 127 cm³/mol. The Morgan fingerprint density at radius 1 is 0.968 bits per heavy atom. The molecule has 2 aromatic carbocycles. The summed E-state index contributed by atoms with van der Waals surface area (Å²) in [5.74, 6) is 3.18. The van der Waals surface area contributed by atoms with Gasteiger partial charge in [-0.05, 0) is 36.6 Å². The summed E-state index contributed by atoms with van der Waals surface area (Å²) in [7, 11) is 3.31. The number of nitrogens with zero attached hydrogens (tertiary/aromatic N) is 3. The lowest BCUT2D eigenvalue weighted by Gasteiger charge is -2.25. The van der Waals surface area contributed by atoms with E-state index in [-0.39, 0.29) is 0 Å². The van der Waals surface area contributed by atoms with Gasteiger partial charge in [-0.3, -0.25) is 4.57 Å². The zero-order valence-corrected chi connectivity index (χ0v) is 19.0. The lowest BCUT2D eigenvalue weighted by atomic mass is 9.95. The molecule has 0 radical (unpaired) electrons. The summed E-state index contributed by atoms with van der Waals surface area (Å²) in [4.78, 5) is 0. The minimum absolute atomic E-state index is 0.437. The molecule has 5 nitrogen and oxygen atoms in total. The largest absolute Gasteiger partial charge is 0.493 e. The van der Waals surface area contributed by atoms with Crippen molar-refractivity contribution in [3.63, 3.8) is 0 Å².